The number of amides is 1. The first kappa shape index (κ1) is 20.5. The summed E-state index contributed by atoms with van der Waals surface area (Å²) in [6, 6.07) is 17.9. The Morgan fingerprint density at radius 2 is 1.44 bits per heavy atom. The van der Waals surface area contributed by atoms with Crippen molar-refractivity contribution >= 4 is 11.7 Å². The highest BCUT2D eigenvalue weighted by Crippen LogP contribution is 2.54. The third kappa shape index (κ3) is 3.30. The molecule has 0 spiro atoms. The second-order valence-electron chi connectivity index (χ2n) is 8.49. The minimum atomic E-state index is -0.109. The van der Waals surface area contributed by atoms with Gasteiger partial charge in [0.25, 0.3) is 5.91 Å². The van der Waals surface area contributed by atoms with Crippen LogP contribution in [-0.4, -0.2) is 11.7 Å². The fourth-order valence-corrected chi connectivity index (χ4v) is 4.87. The van der Waals surface area contributed by atoms with Crippen LogP contribution in [0.2, 0.25) is 0 Å². The maximum atomic E-state index is 12.8. The predicted octanol–water partition coefficient (Wildman–Crippen LogP) is 4.55. The molecule has 1 amide bonds. The lowest BCUT2D eigenvalue weighted by atomic mass is 9.82. The molecule has 2 bridgehead atoms. The van der Waals surface area contributed by atoms with Gasteiger partial charge in [-0.3, -0.25) is 10.2 Å². The van der Waals surface area contributed by atoms with Crippen LogP contribution in [0, 0.1) is 5.41 Å². The van der Waals surface area contributed by atoms with Crippen molar-refractivity contribution in [2.75, 3.05) is 0 Å². The SMILES string of the molecule is CCc1cc2c(cc1CC)C1OC2c2ccc(C(=O)NCc3ccc(C(=N)N)cc3)cc21. The van der Waals surface area contributed by atoms with Gasteiger partial charge in [-0.25, -0.2) is 0 Å². The maximum Gasteiger partial charge on any atom is 0.251 e. The summed E-state index contributed by atoms with van der Waals surface area (Å²) in [6.45, 7) is 4.81. The van der Waals surface area contributed by atoms with Crippen molar-refractivity contribution in [2.45, 2.75) is 45.4 Å². The summed E-state index contributed by atoms with van der Waals surface area (Å²) >= 11 is 0. The van der Waals surface area contributed by atoms with Crippen LogP contribution in [0.1, 0.15) is 80.9 Å². The zero-order valence-electron chi connectivity index (χ0n) is 18.4. The molecule has 4 N–H and O–H groups in total. The number of hydrogen-bond acceptors (Lipinski definition) is 3. The van der Waals surface area contributed by atoms with Crippen LogP contribution >= 0.6 is 0 Å². The van der Waals surface area contributed by atoms with Crippen molar-refractivity contribution in [2.24, 2.45) is 5.73 Å². The number of benzene rings is 3. The molecule has 3 aromatic rings. The first-order valence-corrected chi connectivity index (χ1v) is 11.2. The lowest BCUT2D eigenvalue weighted by Crippen LogP contribution is -2.23. The van der Waals surface area contributed by atoms with Gasteiger partial charge in [0, 0.05) is 17.7 Å². The number of ether oxygens (including phenoxy) is 1. The van der Waals surface area contributed by atoms with E-state index < -0.39 is 0 Å². The van der Waals surface area contributed by atoms with Crippen molar-refractivity contribution in [1.82, 2.24) is 5.32 Å². The van der Waals surface area contributed by atoms with E-state index in [0.29, 0.717) is 17.7 Å². The number of carbonyl (C=O) groups excluding carboxylic acids is 1. The summed E-state index contributed by atoms with van der Waals surface area (Å²) in [4.78, 5) is 12.8. The number of carbonyl (C=O) groups is 1. The van der Waals surface area contributed by atoms with Crippen molar-refractivity contribution in [3.63, 3.8) is 0 Å². The van der Waals surface area contributed by atoms with Crippen molar-refractivity contribution in [3.8, 4) is 0 Å². The molecule has 5 rings (SSSR count). The van der Waals surface area contributed by atoms with Crippen molar-refractivity contribution in [1.29, 1.82) is 5.41 Å². The molecule has 0 saturated carbocycles. The van der Waals surface area contributed by atoms with E-state index in [1.165, 1.54) is 27.8 Å². The van der Waals surface area contributed by atoms with Gasteiger partial charge in [0.2, 0.25) is 0 Å². The van der Waals surface area contributed by atoms with Gasteiger partial charge in [-0.05, 0) is 63.9 Å². The summed E-state index contributed by atoms with van der Waals surface area (Å²) in [6.07, 6.45) is 1.92. The summed E-state index contributed by atoms with van der Waals surface area (Å²) in [5.74, 6) is -0.0733. The van der Waals surface area contributed by atoms with Gasteiger partial charge in [-0.1, -0.05) is 56.3 Å². The molecule has 32 heavy (non-hydrogen) atoms. The monoisotopic (exact) mass is 425 g/mol. The number of nitrogens with two attached hydrogens (primary N) is 1. The zero-order chi connectivity index (χ0) is 22.4. The number of fused-ring (bicyclic) bond motifs is 8. The Bertz CT molecular complexity index is 1230. The number of nitrogen functional groups attached to an aromatic ring is 1. The Hall–Kier alpha value is -3.44. The second-order valence-corrected chi connectivity index (χ2v) is 8.49. The van der Waals surface area contributed by atoms with E-state index in [0.717, 1.165) is 24.0 Å². The topological polar surface area (TPSA) is 88.2 Å². The van der Waals surface area contributed by atoms with Gasteiger partial charge in [0.1, 0.15) is 18.0 Å². The molecule has 5 heteroatoms. The number of nitrogens with one attached hydrogen (secondary N) is 2. The molecular formula is C27H27N3O2. The van der Waals surface area contributed by atoms with Crippen LogP contribution in [0.5, 0.6) is 0 Å². The van der Waals surface area contributed by atoms with Crippen LogP contribution in [0.3, 0.4) is 0 Å². The Morgan fingerprint density at radius 1 is 0.875 bits per heavy atom. The molecule has 2 atom stereocenters. The van der Waals surface area contributed by atoms with Gasteiger partial charge in [-0.15, -0.1) is 0 Å². The number of hydrogen-bond donors (Lipinski definition) is 3. The van der Waals surface area contributed by atoms with Crippen LogP contribution in [0.4, 0.5) is 0 Å². The first-order chi connectivity index (χ1) is 15.5. The van der Waals surface area contributed by atoms with Crippen LogP contribution in [0.25, 0.3) is 0 Å². The lowest BCUT2D eigenvalue weighted by Gasteiger charge is -2.19. The van der Waals surface area contributed by atoms with Crippen LogP contribution in [-0.2, 0) is 24.1 Å². The van der Waals surface area contributed by atoms with E-state index in [1.54, 1.807) is 12.1 Å². The normalized spacial score (nSPS) is 17.7. The van der Waals surface area contributed by atoms with Crippen LogP contribution in [0.15, 0.2) is 54.6 Å². The summed E-state index contributed by atoms with van der Waals surface area (Å²) in [5.41, 5.74) is 15.4. The third-order valence-corrected chi connectivity index (χ3v) is 6.64. The highest BCUT2D eigenvalue weighted by molar-refractivity contribution is 5.95. The number of rotatable bonds is 6. The van der Waals surface area contributed by atoms with Gasteiger partial charge >= 0.3 is 0 Å². The molecule has 0 aromatic heterocycles. The quantitative estimate of drug-likeness (QED) is 0.400. The Balaban J connectivity index is 1.35. The Kier molecular flexibility index (Phi) is 5.06. The summed E-state index contributed by atoms with van der Waals surface area (Å²) in [7, 11) is 0. The molecule has 5 nitrogen and oxygen atoms in total. The standard InChI is InChI=1S/C27H27N3O2/c1-3-16-11-22-23(12-17(16)4-2)25-21-13-19(9-10-20(21)24(22)32-25)27(31)30-14-15-5-7-18(8-6-15)26(28)29/h5-13,24-25H,3-4,14H2,1-2H3,(H3,28,29)(H,30,31). The molecule has 2 heterocycles. The van der Waals surface area contributed by atoms with E-state index in [4.69, 9.17) is 15.9 Å². The van der Waals surface area contributed by atoms with E-state index in [-0.39, 0.29) is 24.0 Å². The van der Waals surface area contributed by atoms with Crippen LogP contribution < -0.4 is 11.1 Å². The number of amidine groups is 1. The predicted molar refractivity (Wildman–Crippen MR) is 125 cm³/mol. The van der Waals surface area contributed by atoms with Gasteiger partial charge in [0.15, 0.2) is 0 Å². The van der Waals surface area contributed by atoms with Crippen molar-refractivity contribution < 1.29 is 9.53 Å². The minimum Gasteiger partial charge on any atom is -0.384 e. The smallest absolute Gasteiger partial charge is 0.251 e. The Labute approximate surface area is 188 Å². The number of aryl methyl sites for hydroxylation is 2. The third-order valence-electron chi connectivity index (χ3n) is 6.64. The molecular weight excluding hydrogens is 398 g/mol. The summed E-state index contributed by atoms with van der Waals surface area (Å²) in [5, 5.41) is 10.5. The van der Waals surface area contributed by atoms with Gasteiger partial charge in [-0.2, -0.15) is 0 Å². The van der Waals surface area contributed by atoms with Gasteiger partial charge in [0.05, 0.1) is 0 Å². The lowest BCUT2D eigenvalue weighted by molar-refractivity contribution is 0.0857. The first-order valence-electron chi connectivity index (χ1n) is 11.2. The molecule has 0 saturated heterocycles. The van der Waals surface area contributed by atoms with Gasteiger partial charge < -0.3 is 15.8 Å². The minimum absolute atomic E-state index is 0.0295. The second kappa shape index (κ2) is 7.92. The molecule has 0 radical (unpaired) electrons. The zero-order valence-corrected chi connectivity index (χ0v) is 18.4. The van der Waals surface area contributed by atoms with E-state index >= 15 is 0 Å². The Morgan fingerprint density at radius 3 is 2.03 bits per heavy atom. The van der Waals surface area contributed by atoms with Crippen molar-refractivity contribution in [3.05, 3.63) is 105 Å². The molecule has 0 aliphatic carbocycles. The molecule has 2 unspecified atom stereocenters. The van der Waals surface area contributed by atoms with E-state index in [9.17, 15) is 4.79 Å². The van der Waals surface area contributed by atoms with E-state index in [2.05, 4.69) is 31.3 Å². The summed E-state index contributed by atoms with van der Waals surface area (Å²) < 4.78 is 6.35. The maximum absolute atomic E-state index is 12.8. The fraction of sp³-hybridized carbons (Fsp3) is 0.259. The highest BCUT2D eigenvalue weighted by atomic mass is 16.5. The average molecular weight is 426 g/mol. The molecule has 2 aliphatic rings. The molecule has 162 valence electrons. The molecule has 0 fully saturated rings. The average Bonchev–Trinajstić information content (AvgIpc) is 3.38. The largest absolute Gasteiger partial charge is 0.384 e. The fourth-order valence-electron chi connectivity index (χ4n) is 4.87. The van der Waals surface area contributed by atoms with E-state index in [1.807, 2.05) is 30.3 Å². The molecule has 2 aliphatic heterocycles. The highest BCUT2D eigenvalue weighted by Gasteiger charge is 2.43. The molecule has 3 aromatic carbocycles.